The normalized spacial score (nSPS) is 29.7. The average Bonchev–Trinajstić information content (AvgIpc) is 2.76. The zero-order valence-corrected chi connectivity index (χ0v) is 8.91. The Labute approximate surface area is 88.8 Å². The molecule has 2 heterocycles. The first-order chi connectivity index (χ1) is 7.15. The van der Waals surface area contributed by atoms with Gasteiger partial charge in [-0.1, -0.05) is 0 Å². The van der Waals surface area contributed by atoms with Crippen LogP contribution in [-0.2, 0) is 9.53 Å². The van der Waals surface area contributed by atoms with Gasteiger partial charge in [-0.3, -0.25) is 4.79 Å². The summed E-state index contributed by atoms with van der Waals surface area (Å²) >= 11 is 0. The van der Waals surface area contributed by atoms with Gasteiger partial charge in [0.25, 0.3) is 0 Å². The Hall–Kier alpha value is -1.26. The second-order valence-electron chi connectivity index (χ2n) is 4.32. The van der Waals surface area contributed by atoms with Gasteiger partial charge in [0.05, 0.1) is 6.61 Å². The van der Waals surface area contributed by atoms with Gasteiger partial charge < -0.3 is 15.0 Å². The minimum absolute atomic E-state index is 0.0240. The summed E-state index contributed by atoms with van der Waals surface area (Å²) in [6.07, 6.45) is 1.18. The van der Waals surface area contributed by atoms with E-state index in [4.69, 9.17) is 4.74 Å². The van der Waals surface area contributed by atoms with Crippen LogP contribution in [0.1, 0.15) is 19.8 Å². The number of hydrogen-bond donors (Lipinski definition) is 1. The molecule has 0 bridgehead atoms. The molecule has 1 atom stereocenters. The van der Waals surface area contributed by atoms with Gasteiger partial charge in [0.1, 0.15) is 0 Å². The number of nitrogens with one attached hydrogen (secondary N) is 1. The van der Waals surface area contributed by atoms with Gasteiger partial charge >= 0.3 is 6.09 Å². The molecule has 2 aliphatic heterocycles. The number of carbonyl (C=O) groups is 2. The van der Waals surface area contributed by atoms with Crippen LogP contribution in [-0.4, -0.2) is 43.1 Å². The van der Waals surface area contributed by atoms with Crippen molar-refractivity contribution in [3.63, 3.8) is 0 Å². The smallest absolute Gasteiger partial charge is 0.409 e. The molecule has 0 aromatic rings. The minimum atomic E-state index is -0.256. The number of nitrogens with zero attached hydrogens (tertiary/aromatic N) is 1. The highest BCUT2D eigenvalue weighted by Crippen LogP contribution is 2.36. The Bertz CT molecular complexity index is 292. The summed E-state index contributed by atoms with van der Waals surface area (Å²) in [5, 5.41) is 2.83. The fourth-order valence-electron chi connectivity index (χ4n) is 2.35. The molecule has 0 radical (unpaired) electrons. The van der Waals surface area contributed by atoms with Gasteiger partial charge in [-0.15, -0.1) is 0 Å². The lowest BCUT2D eigenvalue weighted by molar-refractivity contribution is -0.119. The van der Waals surface area contributed by atoms with Crippen LogP contribution in [0.4, 0.5) is 4.79 Å². The SMILES string of the molecule is CCOC(=O)N1CCC2(CNC(=O)C2)C1. The largest absolute Gasteiger partial charge is 0.450 e. The maximum Gasteiger partial charge on any atom is 0.409 e. The van der Waals surface area contributed by atoms with Crippen molar-refractivity contribution in [2.45, 2.75) is 19.8 Å². The second kappa shape index (κ2) is 3.72. The summed E-state index contributed by atoms with van der Waals surface area (Å²) in [6, 6.07) is 0. The fraction of sp³-hybridized carbons (Fsp3) is 0.800. The standard InChI is InChI=1S/C10H16N2O3/c1-2-15-9(14)12-4-3-10(7-12)5-8(13)11-6-10/h2-7H2,1H3,(H,11,13). The van der Waals surface area contributed by atoms with Crippen LogP contribution in [0.15, 0.2) is 0 Å². The van der Waals surface area contributed by atoms with Gasteiger partial charge in [0.2, 0.25) is 5.91 Å². The monoisotopic (exact) mass is 212 g/mol. The van der Waals surface area contributed by atoms with E-state index in [0.29, 0.717) is 32.7 Å². The van der Waals surface area contributed by atoms with E-state index in [-0.39, 0.29) is 17.4 Å². The van der Waals surface area contributed by atoms with Gasteiger partial charge in [0.15, 0.2) is 0 Å². The molecule has 0 aromatic heterocycles. The van der Waals surface area contributed by atoms with Crippen molar-refractivity contribution in [1.29, 1.82) is 0 Å². The Kier molecular flexibility index (Phi) is 2.54. The fourth-order valence-corrected chi connectivity index (χ4v) is 2.35. The molecule has 2 fully saturated rings. The third kappa shape index (κ3) is 1.91. The molecule has 1 spiro atoms. The van der Waals surface area contributed by atoms with Gasteiger partial charge in [-0.2, -0.15) is 0 Å². The Morgan fingerprint density at radius 1 is 1.67 bits per heavy atom. The predicted octanol–water partition coefficient (Wildman–Crippen LogP) is 0.355. The maximum atomic E-state index is 11.5. The van der Waals surface area contributed by atoms with E-state index >= 15 is 0 Å². The molecule has 0 aromatic carbocycles. The van der Waals surface area contributed by atoms with Gasteiger partial charge in [-0.05, 0) is 13.3 Å². The van der Waals surface area contributed by atoms with Crippen LogP contribution in [0.25, 0.3) is 0 Å². The number of likely N-dealkylation sites (tertiary alicyclic amines) is 1. The van der Waals surface area contributed by atoms with Gasteiger partial charge in [-0.25, -0.2) is 4.79 Å². The third-order valence-electron chi connectivity index (χ3n) is 3.16. The number of hydrogen-bond acceptors (Lipinski definition) is 3. The zero-order chi connectivity index (χ0) is 10.9. The van der Waals surface area contributed by atoms with Crippen LogP contribution < -0.4 is 5.32 Å². The van der Waals surface area contributed by atoms with E-state index in [0.717, 1.165) is 6.42 Å². The summed E-state index contributed by atoms with van der Waals surface area (Å²) in [5.74, 6) is 0.0979. The lowest BCUT2D eigenvalue weighted by atomic mass is 9.86. The molecular weight excluding hydrogens is 196 g/mol. The van der Waals surface area contributed by atoms with Crippen LogP contribution in [0.2, 0.25) is 0 Å². The summed E-state index contributed by atoms with van der Waals surface area (Å²) in [5.41, 5.74) is -0.0240. The van der Waals surface area contributed by atoms with Crippen molar-refractivity contribution in [2.24, 2.45) is 5.41 Å². The number of ether oxygens (including phenoxy) is 1. The summed E-state index contributed by atoms with van der Waals surface area (Å²) in [6.45, 7) is 4.24. The quantitative estimate of drug-likeness (QED) is 0.682. The molecule has 2 aliphatic rings. The molecule has 15 heavy (non-hydrogen) atoms. The molecule has 5 nitrogen and oxygen atoms in total. The second-order valence-corrected chi connectivity index (χ2v) is 4.32. The lowest BCUT2D eigenvalue weighted by Gasteiger charge is -2.21. The summed E-state index contributed by atoms with van der Waals surface area (Å²) in [7, 11) is 0. The molecule has 2 saturated heterocycles. The van der Waals surface area contributed by atoms with Gasteiger partial charge in [0, 0.05) is 31.5 Å². The van der Waals surface area contributed by atoms with Crippen LogP contribution in [0.3, 0.4) is 0 Å². The van der Waals surface area contributed by atoms with E-state index in [1.165, 1.54) is 0 Å². The van der Waals surface area contributed by atoms with E-state index < -0.39 is 0 Å². The molecule has 1 N–H and O–H groups in total. The van der Waals surface area contributed by atoms with E-state index in [2.05, 4.69) is 5.32 Å². The first-order valence-corrected chi connectivity index (χ1v) is 5.34. The Morgan fingerprint density at radius 3 is 3.07 bits per heavy atom. The zero-order valence-electron chi connectivity index (χ0n) is 8.91. The minimum Gasteiger partial charge on any atom is -0.450 e. The highest BCUT2D eigenvalue weighted by Gasteiger charge is 2.45. The van der Waals surface area contributed by atoms with Crippen LogP contribution >= 0.6 is 0 Å². The number of rotatable bonds is 1. The first-order valence-electron chi connectivity index (χ1n) is 5.34. The van der Waals surface area contributed by atoms with Crippen molar-refractivity contribution in [2.75, 3.05) is 26.2 Å². The molecule has 84 valence electrons. The summed E-state index contributed by atoms with van der Waals surface area (Å²) in [4.78, 5) is 24.3. The molecular formula is C10H16N2O3. The molecule has 1 unspecified atom stereocenters. The Morgan fingerprint density at radius 2 is 2.47 bits per heavy atom. The highest BCUT2D eigenvalue weighted by molar-refractivity contribution is 5.79. The molecule has 0 saturated carbocycles. The molecule has 2 rings (SSSR count). The first kappa shape index (κ1) is 10.3. The third-order valence-corrected chi connectivity index (χ3v) is 3.16. The highest BCUT2D eigenvalue weighted by atomic mass is 16.6. The number of carbonyl (C=O) groups excluding carboxylic acids is 2. The average molecular weight is 212 g/mol. The Balaban J connectivity index is 1.94. The van der Waals surface area contributed by atoms with Crippen molar-refractivity contribution >= 4 is 12.0 Å². The van der Waals surface area contributed by atoms with E-state index in [1.54, 1.807) is 11.8 Å². The van der Waals surface area contributed by atoms with Crippen molar-refractivity contribution in [1.82, 2.24) is 10.2 Å². The van der Waals surface area contributed by atoms with Crippen LogP contribution in [0, 0.1) is 5.41 Å². The maximum absolute atomic E-state index is 11.5. The van der Waals surface area contributed by atoms with Crippen LogP contribution in [0.5, 0.6) is 0 Å². The summed E-state index contributed by atoms with van der Waals surface area (Å²) < 4.78 is 4.94. The number of amides is 2. The topological polar surface area (TPSA) is 58.6 Å². The molecule has 0 aliphatic carbocycles. The van der Waals surface area contributed by atoms with Crippen molar-refractivity contribution in [3.05, 3.63) is 0 Å². The van der Waals surface area contributed by atoms with Crippen molar-refractivity contribution < 1.29 is 14.3 Å². The predicted molar refractivity (Wildman–Crippen MR) is 53.3 cm³/mol. The molecule has 2 amide bonds. The molecule has 5 heteroatoms. The van der Waals surface area contributed by atoms with E-state index in [1.807, 2.05) is 0 Å². The lowest BCUT2D eigenvalue weighted by Crippen LogP contribution is -2.33. The van der Waals surface area contributed by atoms with Crippen molar-refractivity contribution in [3.8, 4) is 0 Å². The van der Waals surface area contributed by atoms with E-state index in [9.17, 15) is 9.59 Å².